The van der Waals surface area contributed by atoms with E-state index in [4.69, 9.17) is 14.9 Å². The van der Waals surface area contributed by atoms with E-state index in [1.807, 2.05) is 6.07 Å². The lowest BCUT2D eigenvalue weighted by atomic mass is 9.85. The van der Waals surface area contributed by atoms with E-state index in [9.17, 15) is 4.79 Å². The molecule has 0 aliphatic heterocycles. The van der Waals surface area contributed by atoms with Crippen molar-refractivity contribution in [3.05, 3.63) is 23.7 Å². The molecule has 1 aromatic rings. The molecule has 0 bridgehead atoms. The smallest absolute Gasteiger partial charge is 0.309 e. The Kier molecular flexibility index (Phi) is 2.29. The van der Waals surface area contributed by atoms with E-state index >= 15 is 0 Å². The highest BCUT2D eigenvalue weighted by Gasteiger charge is 2.31. The Balaban J connectivity index is 2.21. The Morgan fingerprint density at radius 3 is 3.21 bits per heavy atom. The molecular formula is C10H13NO3. The first-order valence-corrected chi connectivity index (χ1v) is 4.62. The summed E-state index contributed by atoms with van der Waals surface area (Å²) in [6.07, 6.45) is 2.85. The zero-order valence-corrected chi connectivity index (χ0v) is 8.03. The number of rotatable bonds is 1. The molecule has 0 aromatic carbocycles. The summed E-state index contributed by atoms with van der Waals surface area (Å²) in [5.41, 5.74) is 6.92. The van der Waals surface area contributed by atoms with Crippen LogP contribution in [0.1, 0.15) is 23.8 Å². The Morgan fingerprint density at radius 2 is 2.50 bits per heavy atom. The summed E-state index contributed by atoms with van der Waals surface area (Å²) in [6.45, 7) is 0. The molecule has 2 rings (SSSR count). The van der Waals surface area contributed by atoms with Crippen LogP contribution in [0, 0.1) is 5.92 Å². The normalized spacial score (nSPS) is 25.6. The highest BCUT2D eigenvalue weighted by atomic mass is 16.5. The number of methoxy groups -OCH3 is 1. The second-order valence-corrected chi connectivity index (χ2v) is 3.57. The van der Waals surface area contributed by atoms with Crippen molar-refractivity contribution in [3.63, 3.8) is 0 Å². The molecule has 2 atom stereocenters. The highest BCUT2D eigenvalue weighted by Crippen LogP contribution is 2.32. The monoisotopic (exact) mass is 195 g/mol. The Bertz CT molecular complexity index is 345. The molecule has 1 aromatic heterocycles. The summed E-state index contributed by atoms with van der Waals surface area (Å²) < 4.78 is 9.96. The zero-order chi connectivity index (χ0) is 10.1. The SMILES string of the molecule is COC(=O)C1Cc2occc2C(N)C1. The van der Waals surface area contributed by atoms with Gasteiger partial charge in [0.25, 0.3) is 0 Å². The maximum atomic E-state index is 11.3. The van der Waals surface area contributed by atoms with Gasteiger partial charge < -0.3 is 14.9 Å². The molecule has 4 heteroatoms. The van der Waals surface area contributed by atoms with Crippen molar-refractivity contribution in [1.82, 2.24) is 0 Å². The number of esters is 1. The van der Waals surface area contributed by atoms with Crippen LogP contribution in [0.4, 0.5) is 0 Å². The van der Waals surface area contributed by atoms with Crippen LogP contribution in [0.5, 0.6) is 0 Å². The van der Waals surface area contributed by atoms with E-state index in [0.717, 1.165) is 11.3 Å². The van der Waals surface area contributed by atoms with E-state index in [1.54, 1.807) is 6.26 Å². The molecule has 2 N–H and O–H groups in total. The number of hydrogen-bond acceptors (Lipinski definition) is 4. The van der Waals surface area contributed by atoms with Crippen LogP contribution in [0.15, 0.2) is 16.7 Å². The molecule has 1 heterocycles. The van der Waals surface area contributed by atoms with E-state index in [2.05, 4.69) is 0 Å². The van der Waals surface area contributed by atoms with E-state index in [-0.39, 0.29) is 17.9 Å². The molecule has 2 unspecified atom stereocenters. The van der Waals surface area contributed by atoms with E-state index in [0.29, 0.717) is 12.8 Å². The van der Waals surface area contributed by atoms with Crippen LogP contribution >= 0.6 is 0 Å². The molecule has 14 heavy (non-hydrogen) atoms. The van der Waals surface area contributed by atoms with Crippen LogP contribution < -0.4 is 5.73 Å². The number of carbonyl (C=O) groups excluding carboxylic acids is 1. The van der Waals surface area contributed by atoms with Gasteiger partial charge in [0.15, 0.2) is 0 Å². The lowest BCUT2D eigenvalue weighted by Crippen LogP contribution is -2.28. The van der Waals surface area contributed by atoms with Crippen molar-refractivity contribution in [2.45, 2.75) is 18.9 Å². The molecule has 0 amide bonds. The summed E-state index contributed by atoms with van der Waals surface area (Å²) in [5, 5.41) is 0. The first kappa shape index (κ1) is 9.27. The fourth-order valence-corrected chi connectivity index (χ4v) is 1.93. The minimum absolute atomic E-state index is 0.110. The third kappa shape index (κ3) is 1.42. The van der Waals surface area contributed by atoms with Gasteiger partial charge in [-0.25, -0.2) is 0 Å². The molecule has 0 radical (unpaired) electrons. The first-order valence-electron chi connectivity index (χ1n) is 4.62. The van der Waals surface area contributed by atoms with Crippen LogP contribution in [0.25, 0.3) is 0 Å². The van der Waals surface area contributed by atoms with Gasteiger partial charge in [0.2, 0.25) is 0 Å². The summed E-state index contributed by atoms with van der Waals surface area (Å²) in [7, 11) is 1.39. The number of fused-ring (bicyclic) bond motifs is 1. The molecule has 76 valence electrons. The maximum absolute atomic E-state index is 11.3. The van der Waals surface area contributed by atoms with Gasteiger partial charge in [-0.1, -0.05) is 0 Å². The van der Waals surface area contributed by atoms with Crippen molar-refractivity contribution < 1.29 is 13.9 Å². The average Bonchev–Trinajstić information content (AvgIpc) is 2.64. The van der Waals surface area contributed by atoms with E-state index in [1.165, 1.54) is 7.11 Å². The molecule has 4 nitrogen and oxygen atoms in total. The summed E-state index contributed by atoms with van der Waals surface area (Å²) in [4.78, 5) is 11.3. The van der Waals surface area contributed by atoms with Gasteiger partial charge in [-0.05, 0) is 12.5 Å². The minimum Gasteiger partial charge on any atom is -0.469 e. The van der Waals surface area contributed by atoms with Crippen LogP contribution in [0.2, 0.25) is 0 Å². The predicted molar refractivity (Wildman–Crippen MR) is 49.5 cm³/mol. The van der Waals surface area contributed by atoms with Gasteiger partial charge in [0, 0.05) is 18.0 Å². The van der Waals surface area contributed by atoms with Crippen LogP contribution in [-0.2, 0) is 16.0 Å². The highest BCUT2D eigenvalue weighted by molar-refractivity contribution is 5.73. The summed E-state index contributed by atoms with van der Waals surface area (Å²) in [5.74, 6) is 0.454. The van der Waals surface area contributed by atoms with Crippen molar-refractivity contribution in [3.8, 4) is 0 Å². The lowest BCUT2D eigenvalue weighted by Gasteiger charge is -2.23. The summed E-state index contributed by atoms with van der Waals surface area (Å²) >= 11 is 0. The lowest BCUT2D eigenvalue weighted by molar-refractivity contribution is -0.146. The van der Waals surface area contributed by atoms with Crippen molar-refractivity contribution in [2.75, 3.05) is 7.11 Å². The van der Waals surface area contributed by atoms with Gasteiger partial charge in [-0.3, -0.25) is 4.79 Å². The zero-order valence-electron chi connectivity index (χ0n) is 8.03. The van der Waals surface area contributed by atoms with Crippen molar-refractivity contribution in [2.24, 2.45) is 11.7 Å². The topological polar surface area (TPSA) is 65.5 Å². The van der Waals surface area contributed by atoms with Gasteiger partial charge in [0.1, 0.15) is 5.76 Å². The quantitative estimate of drug-likeness (QED) is 0.679. The molecular weight excluding hydrogens is 182 g/mol. The van der Waals surface area contributed by atoms with Crippen LogP contribution in [-0.4, -0.2) is 13.1 Å². The van der Waals surface area contributed by atoms with E-state index < -0.39 is 0 Å². The Hall–Kier alpha value is -1.29. The van der Waals surface area contributed by atoms with Gasteiger partial charge in [-0.15, -0.1) is 0 Å². The average molecular weight is 195 g/mol. The number of ether oxygens (including phenoxy) is 1. The summed E-state index contributed by atoms with van der Waals surface area (Å²) in [6, 6.07) is 1.76. The van der Waals surface area contributed by atoms with Crippen molar-refractivity contribution in [1.29, 1.82) is 0 Å². The number of nitrogens with two attached hydrogens (primary N) is 1. The molecule has 0 spiro atoms. The molecule has 0 saturated heterocycles. The Morgan fingerprint density at radius 1 is 1.71 bits per heavy atom. The fourth-order valence-electron chi connectivity index (χ4n) is 1.93. The second-order valence-electron chi connectivity index (χ2n) is 3.57. The van der Waals surface area contributed by atoms with Gasteiger partial charge in [0.05, 0.1) is 19.3 Å². The molecule has 0 saturated carbocycles. The minimum atomic E-state index is -0.206. The first-order chi connectivity index (χ1) is 6.72. The predicted octanol–water partition coefficient (Wildman–Crippen LogP) is 1.01. The third-order valence-corrected chi connectivity index (χ3v) is 2.68. The Labute approximate surface area is 82.0 Å². The second kappa shape index (κ2) is 3.46. The molecule has 1 aliphatic rings. The van der Waals surface area contributed by atoms with Gasteiger partial charge >= 0.3 is 5.97 Å². The number of hydrogen-bond donors (Lipinski definition) is 1. The maximum Gasteiger partial charge on any atom is 0.309 e. The molecule has 1 aliphatic carbocycles. The standard InChI is InChI=1S/C10H13NO3/c1-13-10(12)6-4-8(11)7-2-3-14-9(7)5-6/h2-3,6,8H,4-5,11H2,1H3. The van der Waals surface area contributed by atoms with Crippen LogP contribution in [0.3, 0.4) is 0 Å². The fraction of sp³-hybridized carbons (Fsp3) is 0.500. The molecule has 0 fully saturated rings. The number of carbonyl (C=O) groups is 1. The van der Waals surface area contributed by atoms with Crippen molar-refractivity contribution >= 4 is 5.97 Å². The largest absolute Gasteiger partial charge is 0.469 e. The third-order valence-electron chi connectivity index (χ3n) is 2.68. The van der Waals surface area contributed by atoms with Gasteiger partial charge in [-0.2, -0.15) is 0 Å². The number of furan rings is 1.